The zero-order chi connectivity index (χ0) is 13.2. The molecule has 1 aliphatic carbocycles. The number of rotatable bonds is 6. The van der Waals surface area contributed by atoms with Crippen molar-refractivity contribution in [2.24, 2.45) is 0 Å². The van der Waals surface area contributed by atoms with Gasteiger partial charge < -0.3 is 10.4 Å². The molecule has 0 spiro atoms. The molecule has 1 unspecified atom stereocenters. The van der Waals surface area contributed by atoms with Gasteiger partial charge in [-0.3, -0.25) is 4.90 Å². The molecule has 18 heavy (non-hydrogen) atoms. The van der Waals surface area contributed by atoms with Gasteiger partial charge in [-0.1, -0.05) is 0 Å². The molecule has 2 N–H and O–H groups in total. The van der Waals surface area contributed by atoms with Gasteiger partial charge in [0.25, 0.3) is 0 Å². The lowest BCUT2D eigenvalue weighted by Gasteiger charge is -2.35. The molecule has 1 heterocycles. The van der Waals surface area contributed by atoms with Crippen molar-refractivity contribution in [1.29, 1.82) is 0 Å². The van der Waals surface area contributed by atoms with Crippen LogP contribution >= 0.6 is 0 Å². The first-order valence-electron chi connectivity index (χ1n) is 6.53. The zero-order valence-corrected chi connectivity index (χ0v) is 11.7. The molecule has 1 saturated heterocycles. The van der Waals surface area contributed by atoms with Crippen molar-refractivity contribution in [3.63, 3.8) is 0 Å². The second-order valence-corrected chi connectivity index (χ2v) is 7.27. The standard InChI is InChI=1S/C11H23N3O3S/c1-18(16,17)14-6-4-13(5-7-14)8-11(9-15)12-10-2-3-10/h10-12,15H,2-9H2,1H3. The van der Waals surface area contributed by atoms with Gasteiger partial charge in [-0.25, -0.2) is 8.42 Å². The summed E-state index contributed by atoms with van der Waals surface area (Å²) in [5.41, 5.74) is 0. The summed E-state index contributed by atoms with van der Waals surface area (Å²) in [6, 6.07) is 0.696. The summed E-state index contributed by atoms with van der Waals surface area (Å²) in [4.78, 5) is 2.22. The third kappa shape index (κ3) is 4.17. The maximum atomic E-state index is 11.4. The van der Waals surface area contributed by atoms with E-state index in [9.17, 15) is 13.5 Å². The number of nitrogens with one attached hydrogen (secondary N) is 1. The van der Waals surface area contributed by atoms with Crippen LogP contribution in [0.3, 0.4) is 0 Å². The first kappa shape index (κ1) is 14.2. The van der Waals surface area contributed by atoms with E-state index in [4.69, 9.17) is 0 Å². The number of hydrogen-bond acceptors (Lipinski definition) is 5. The monoisotopic (exact) mass is 277 g/mol. The van der Waals surface area contributed by atoms with Crippen LogP contribution < -0.4 is 5.32 Å². The summed E-state index contributed by atoms with van der Waals surface area (Å²) in [6.45, 7) is 3.54. The lowest BCUT2D eigenvalue weighted by atomic mass is 10.2. The highest BCUT2D eigenvalue weighted by Gasteiger charge is 2.28. The molecule has 7 heteroatoms. The van der Waals surface area contributed by atoms with Gasteiger partial charge in [0.2, 0.25) is 10.0 Å². The van der Waals surface area contributed by atoms with E-state index >= 15 is 0 Å². The summed E-state index contributed by atoms with van der Waals surface area (Å²) in [7, 11) is -3.05. The minimum atomic E-state index is -3.05. The molecular weight excluding hydrogens is 254 g/mol. The van der Waals surface area contributed by atoms with Crippen molar-refractivity contribution in [3.8, 4) is 0 Å². The van der Waals surface area contributed by atoms with Gasteiger partial charge in [-0.15, -0.1) is 0 Å². The van der Waals surface area contributed by atoms with Crippen LogP contribution in [-0.2, 0) is 10.0 Å². The molecule has 1 saturated carbocycles. The highest BCUT2D eigenvalue weighted by Crippen LogP contribution is 2.19. The Morgan fingerprint density at radius 3 is 2.33 bits per heavy atom. The van der Waals surface area contributed by atoms with Crippen LogP contribution in [0.1, 0.15) is 12.8 Å². The summed E-state index contributed by atoms with van der Waals surface area (Å²) < 4.78 is 24.3. The van der Waals surface area contributed by atoms with Crippen LogP contribution in [-0.4, -0.2) is 80.4 Å². The fourth-order valence-electron chi connectivity index (χ4n) is 2.30. The first-order chi connectivity index (χ1) is 8.49. The minimum absolute atomic E-state index is 0.113. The summed E-state index contributed by atoms with van der Waals surface area (Å²) >= 11 is 0. The number of hydrogen-bond donors (Lipinski definition) is 2. The van der Waals surface area contributed by atoms with Gasteiger partial charge >= 0.3 is 0 Å². The van der Waals surface area contributed by atoms with Crippen molar-refractivity contribution in [2.45, 2.75) is 24.9 Å². The Bertz CT molecular complexity index is 362. The lowest BCUT2D eigenvalue weighted by molar-refractivity contribution is 0.145. The van der Waals surface area contributed by atoms with E-state index in [2.05, 4.69) is 10.2 Å². The number of nitrogens with zero attached hydrogens (tertiary/aromatic N) is 2. The molecular formula is C11H23N3O3S. The Hall–Kier alpha value is -0.210. The average molecular weight is 277 g/mol. The van der Waals surface area contributed by atoms with Gasteiger partial charge in [0.15, 0.2) is 0 Å². The van der Waals surface area contributed by atoms with E-state index < -0.39 is 10.0 Å². The Labute approximate surface area is 109 Å². The normalized spacial score (nSPS) is 25.2. The molecule has 0 aromatic carbocycles. The van der Waals surface area contributed by atoms with Gasteiger partial charge in [-0.05, 0) is 12.8 Å². The van der Waals surface area contributed by atoms with Crippen LogP contribution in [0.5, 0.6) is 0 Å². The predicted molar refractivity (Wildman–Crippen MR) is 69.9 cm³/mol. The quantitative estimate of drug-likeness (QED) is 0.630. The molecule has 0 aromatic heterocycles. The zero-order valence-electron chi connectivity index (χ0n) is 10.9. The molecule has 0 aromatic rings. The van der Waals surface area contributed by atoms with E-state index in [1.807, 2.05) is 0 Å². The largest absolute Gasteiger partial charge is 0.395 e. The summed E-state index contributed by atoms with van der Waals surface area (Å²) in [5.74, 6) is 0. The fourth-order valence-corrected chi connectivity index (χ4v) is 3.13. The molecule has 1 aliphatic heterocycles. The lowest BCUT2D eigenvalue weighted by Crippen LogP contribution is -2.52. The third-order valence-electron chi connectivity index (χ3n) is 3.55. The van der Waals surface area contributed by atoms with Gasteiger partial charge in [-0.2, -0.15) is 4.31 Å². The topological polar surface area (TPSA) is 72.9 Å². The second-order valence-electron chi connectivity index (χ2n) is 5.28. The van der Waals surface area contributed by atoms with Crippen LogP contribution in [0.4, 0.5) is 0 Å². The van der Waals surface area contributed by atoms with E-state index in [0.29, 0.717) is 19.1 Å². The second kappa shape index (κ2) is 5.83. The van der Waals surface area contributed by atoms with Crippen molar-refractivity contribution >= 4 is 10.0 Å². The summed E-state index contributed by atoms with van der Waals surface area (Å²) in [6.07, 6.45) is 3.67. The average Bonchev–Trinajstić information content (AvgIpc) is 3.11. The predicted octanol–water partition coefficient (Wildman–Crippen LogP) is -1.32. The van der Waals surface area contributed by atoms with Gasteiger partial charge in [0.1, 0.15) is 0 Å². The van der Waals surface area contributed by atoms with Crippen molar-refractivity contribution in [3.05, 3.63) is 0 Å². The SMILES string of the molecule is CS(=O)(=O)N1CCN(CC(CO)NC2CC2)CC1. The van der Waals surface area contributed by atoms with E-state index in [1.165, 1.54) is 23.4 Å². The number of piperazine rings is 1. The number of aliphatic hydroxyl groups excluding tert-OH is 1. The van der Waals surface area contributed by atoms with E-state index in [0.717, 1.165) is 19.6 Å². The molecule has 0 radical (unpaired) electrons. The smallest absolute Gasteiger partial charge is 0.211 e. The van der Waals surface area contributed by atoms with Crippen molar-refractivity contribution in [2.75, 3.05) is 45.6 Å². The number of aliphatic hydroxyl groups is 1. The molecule has 2 rings (SSSR count). The highest BCUT2D eigenvalue weighted by atomic mass is 32.2. The maximum Gasteiger partial charge on any atom is 0.211 e. The van der Waals surface area contributed by atoms with Crippen LogP contribution in [0.2, 0.25) is 0 Å². The Morgan fingerprint density at radius 1 is 1.28 bits per heavy atom. The third-order valence-corrected chi connectivity index (χ3v) is 4.85. The highest BCUT2D eigenvalue weighted by molar-refractivity contribution is 7.88. The fraction of sp³-hybridized carbons (Fsp3) is 1.00. The van der Waals surface area contributed by atoms with Crippen molar-refractivity contribution < 1.29 is 13.5 Å². The molecule has 106 valence electrons. The van der Waals surface area contributed by atoms with E-state index in [1.54, 1.807) is 0 Å². The Balaban J connectivity index is 1.74. The molecule has 1 atom stereocenters. The van der Waals surface area contributed by atoms with E-state index in [-0.39, 0.29) is 12.6 Å². The number of sulfonamides is 1. The van der Waals surface area contributed by atoms with Crippen LogP contribution in [0.25, 0.3) is 0 Å². The molecule has 2 aliphatic rings. The van der Waals surface area contributed by atoms with Crippen LogP contribution in [0, 0.1) is 0 Å². The Kier molecular flexibility index (Phi) is 4.60. The molecule has 0 bridgehead atoms. The molecule has 2 fully saturated rings. The minimum Gasteiger partial charge on any atom is -0.395 e. The van der Waals surface area contributed by atoms with Gasteiger partial charge in [0.05, 0.1) is 12.9 Å². The summed E-state index contributed by atoms with van der Waals surface area (Å²) in [5, 5.41) is 12.7. The molecule has 0 amide bonds. The first-order valence-corrected chi connectivity index (χ1v) is 8.38. The maximum absolute atomic E-state index is 11.4. The van der Waals surface area contributed by atoms with Crippen LogP contribution in [0.15, 0.2) is 0 Å². The van der Waals surface area contributed by atoms with Gasteiger partial charge in [0, 0.05) is 44.8 Å². The molecule has 6 nitrogen and oxygen atoms in total. The van der Waals surface area contributed by atoms with Crippen molar-refractivity contribution in [1.82, 2.24) is 14.5 Å². The Morgan fingerprint density at radius 2 is 1.89 bits per heavy atom.